The van der Waals surface area contributed by atoms with Crippen LogP contribution in [-0.2, 0) is 27.9 Å². The molecule has 8 heteroatoms. The van der Waals surface area contributed by atoms with Crippen molar-refractivity contribution < 1.29 is 24.1 Å². The van der Waals surface area contributed by atoms with Crippen LogP contribution >= 0.6 is 0 Å². The number of esters is 1. The number of carbonyl (C=O) groups is 2. The van der Waals surface area contributed by atoms with E-state index < -0.39 is 5.97 Å². The number of Topliss-reactive ketones (excluding diaryl/α,β-unsaturated/α-hetero) is 1. The summed E-state index contributed by atoms with van der Waals surface area (Å²) < 4.78 is 5.69. The summed E-state index contributed by atoms with van der Waals surface area (Å²) >= 11 is 0. The first-order chi connectivity index (χ1) is 7.99. The summed E-state index contributed by atoms with van der Waals surface area (Å²) in [5, 5.41) is 16.8. The van der Waals surface area contributed by atoms with Gasteiger partial charge in [-0.05, 0) is 11.7 Å². The highest BCUT2D eigenvalue weighted by Gasteiger charge is 2.28. The molecule has 0 aliphatic carbocycles. The number of carbonyl (C=O) groups excluding carboxylic acids is 2. The lowest BCUT2D eigenvalue weighted by Crippen LogP contribution is -2.43. The van der Waals surface area contributed by atoms with Crippen molar-refractivity contribution in [3.8, 4) is 0 Å². The van der Waals surface area contributed by atoms with Crippen LogP contribution in [0.3, 0.4) is 0 Å². The van der Waals surface area contributed by atoms with Gasteiger partial charge in [-0.1, -0.05) is 0 Å². The lowest BCUT2D eigenvalue weighted by molar-refractivity contribution is -0.746. The monoisotopic (exact) mass is 241 g/mol. The number of aryl methyl sites for hydroxylation is 1. The fourth-order valence-corrected chi connectivity index (χ4v) is 1.23. The second-order valence-corrected chi connectivity index (χ2v) is 3.30. The smallest absolute Gasteiger partial charge is 0.348 e. The Bertz CT molecular complexity index is 477. The summed E-state index contributed by atoms with van der Waals surface area (Å²) in [7, 11) is 2.71. The number of methoxy groups -OCH3 is 1. The lowest BCUT2D eigenvalue weighted by Gasteiger charge is -1.98. The highest BCUT2D eigenvalue weighted by molar-refractivity contribution is 6.14. The van der Waals surface area contributed by atoms with Crippen molar-refractivity contribution in [3.63, 3.8) is 0 Å². The highest BCUT2D eigenvalue weighted by atomic mass is 16.5. The summed E-state index contributed by atoms with van der Waals surface area (Å²) in [6, 6.07) is 0. The molecule has 0 fully saturated rings. The van der Waals surface area contributed by atoms with Crippen LogP contribution in [0.2, 0.25) is 0 Å². The van der Waals surface area contributed by atoms with Crippen LogP contribution < -0.4 is 4.68 Å². The largest absolute Gasteiger partial charge is 0.514 e. The third-order valence-electron chi connectivity index (χ3n) is 1.87. The summed E-state index contributed by atoms with van der Waals surface area (Å²) in [5.74, 6) is -0.846. The normalized spacial score (nSPS) is 11.4. The van der Waals surface area contributed by atoms with E-state index in [1.54, 1.807) is 0 Å². The maximum absolute atomic E-state index is 11.4. The Kier molecular flexibility index (Phi) is 3.91. The van der Waals surface area contributed by atoms with Gasteiger partial charge in [-0.15, -0.1) is 4.68 Å². The Balaban J connectivity index is 3.19. The van der Waals surface area contributed by atoms with Gasteiger partial charge in [0.25, 0.3) is 0 Å². The first kappa shape index (κ1) is 12.8. The Hall–Kier alpha value is -2.25. The molecule has 8 nitrogen and oxygen atoms in total. The lowest BCUT2D eigenvalue weighted by atomic mass is 10.3. The number of ketones is 1. The van der Waals surface area contributed by atoms with E-state index in [1.165, 1.54) is 30.6 Å². The van der Waals surface area contributed by atoms with Gasteiger partial charge in [-0.25, -0.2) is 4.79 Å². The molecule has 0 saturated heterocycles. The zero-order valence-corrected chi connectivity index (χ0v) is 9.75. The second-order valence-electron chi connectivity index (χ2n) is 3.30. The molecule has 0 spiro atoms. The van der Waals surface area contributed by atoms with Gasteiger partial charge in [0.05, 0.1) is 17.4 Å². The zero-order chi connectivity index (χ0) is 13.0. The number of aliphatic hydroxyl groups is 1. The fourth-order valence-electron chi connectivity index (χ4n) is 1.23. The predicted molar refractivity (Wildman–Crippen MR) is 54.5 cm³/mol. The van der Waals surface area contributed by atoms with E-state index in [4.69, 9.17) is 5.11 Å². The third-order valence-corrected chi connectivity index (χ3v) is 1.87. The molecule has 0 aliphatic rings. The number of ether oxygens (including phenoxy) is 1. The zero-order valence-electron chi connectivity index (χ0n) is 9.75. The molecule has 0 saturated carbocycles. The number of nitrogens with zero attached hydrogens (tertiary/aromatic N) is 4. The van der Waals surface area contributed by atoms with E-state index in [1.807, 2.05) is 0 Å². The van der Waals surface area contributed by atoms with Gasteiger partial charge < -0.3 is 9.84 Å². The minimum Gasteiger partial charge on any atom is -0.514 e. The second kappa shape index (κ2) is 5.19. The van der Waals surface area contributed by atoms with E-state index in [9.17, 15) is 9.59 Å². The molecule has 0 unspecified atom stereocenters. The average molecular weight is 241 g/mol. The minimum absolute atomic E-state index is 0.0441. The van der Waals surface area contributed by atoms with Crippen molar-refractivity contribution in [1.29, 1.82) is 0 Å². The molecule has 0 aliphatic heterocycles. The summed E-state index contributed by atoms with van der Waals surface area (Å²) in [6.07, 6.45) is 0.576. The van der Waals surface area contributed by atoms with Crippen molar-refractivity contribution >= 4 is 17.3 Å². The van der Waals surface area contributed by atoms with Crippen LogP contribution in [0.1, 0.15) is 12.7 Å². The first-order valence-corrected chi connectivity index (χ1v) is 4.73. The van der Waals surface area contributed by atoms with Gasteiger partial charge in [0.1, 0.15) is 13.3 Å². The van der Waals surface area contributed by atoms with Crippen LogP contribution in [0.25, 0.3) is 5.57 Å². The van der Waals surface area contributed by atoms with Crippen LogP contribution in [0.15, 0.2) is 6.26 Å². The van der Waals surface area contributed by atoms with E-state index in [0.29, 0.717) is 6.26 Å². The van der Waals surface area contributed by atoms with Crippen LogP contribution in [0.4, 0.5) is 0 Å². The number of rotatable bonds is 4. The molecule has 1 heterocycles. The molecule has 1 rings (SSSR count). The molecular formula is C9H13N4O4+. The van der Waals surface area contributed by atoms with Gasteiger partial charge in [-0.3, -0.25) is 4.79 Å². The minimum atomic E-state index is -0.759. The Morgan fingerprint density at radius 2 is 2.24 bits per heavy atom. The van der Waals surface area contributed by atoms with E-state index in [-0.39, 0.29) is 23.7 Å². The number of hydrogen-bond donors (Lipinski definition) is 1. The molecule has 1 aromatic rings. The van der Waals surface area contributed by atoms with Crippen molar-refractivity contribution in [2.75, 3.05) is 7.11 Å². The molecule has 0 bridgehead atoms. The molecule has 0 aromatic carbocycles. The van der Waals surface area contributed by atoms with Gasteiger partial charge in [0.15, 0.2) is 17.9 Å². The molecule has 1 aromatic heterocycles. The maximum atomic E-state index is 11.4. The van der Waals surface area contributed by atoms with Gasteiger partial charge in [0, 0.05) is 0 Å². The van der Waals surface area contributed by atoms with Gasteiger partial charge in [0.2, 0.25) is 0 Å². The van der Waals surface area contributed by atoms with Gasteiger partial charge in [-0.2, -0.15) is 0 Å². The fraction of sp³-hybridized carbons (Fsp3) is 0.444. The quantitative estimate of drug-likeness (QED) is 0.306. The number of aromatic nitrogens is 4. The van der Waals surface area contributed by atoms with Gasteiger partial charge >= 0.3 is 11.8 Å². The molecule has 0 amide bonds. The summed E-state index contributed by atoms with van der Waals surface area (Å²) in [6.45, 7) is 1.34. The van der Waals surface area contributed by atoms with Crippen LogP contribution in [0.5, 0.6) is 0 Å². The number of tetrazole rings is 1. The standard InChI is InChI=1S/C9H12N4O4/c1-6(15)4-13-8(10-12(2)11-13)7(5-14)9(16)17-3/h5H,4H2,1-3H3/p+1. The SMILES string of the molecule is COC(=O)/C(=C\O)c1nn(C)n[n+]1CC(C)=O. The molecule has 0 radical (unpaired) electrons. The van der Waals surface area contributed by atoms with E-state index in [2.05, 4.69) is 15.0 Å². The van der Waals surface area contributed by atoms with E-state index in [0.717, 1.165) is 0 Å². The first-order valence-electron chi connectivity index (χ1n) is 4.73. The molecular weight excluding hydrogens is 228 g/mol. The highest BCUT2D eigenvalue weighted by Crippen LogP contribution is 2.07. The topological polar surface area (TPSA) is 98.2 Å². The maximum Gasteiger partial charge on any atom is 0.348 e. The van der Waals surface area contributed by atoms with Crippen molar-refractivity contribution in [1.82, 2.24) is 15.1 Å². The molecule has 1 N–H and O–H groups in total. The van der Waals surface area contributed by atoms with Crippen molar-refractivity contribution in [3.05, 3.63) is 12.1 Å². The number of aliphatic hydroxyl groups excluding tert-OH is 1. The molecule has 92 valence electrons. The average Bonchev–Trinajstić information content (AvgIpc) is 2.59. The third kappa shape index (κ3) is 2.86. The molecule has 17 heavy (non-hydrogen) atoms. The Morgan fingerprint density at radius 1 is 1.59 bits per heavy atom. The van der Waals surface area contributed by atoms with Crippen molar-refractivity contribution in [2.24, 2.45) is 7.05 Å². The summed E-state index contributed by atoms with van der Waals surface area (Å²) in [4.78, 5) is 23.6. The van der Waals surface area contributed by atoms with Crippen molar-refractivity contribution in [2.45, 2.75) is 13.5 Å². The molecule has 0 atom stereocenters. The number of hydrogen-bond acceptors (Lipinski definition) is 6. The Labute approximate surface area is 97.1 Å². The van der Waals surface area contributed by atoms with E-state index >= 15 is 0 Å². The predicted octanol–water partition coefficient (Wildman–Crippen LogP) is -1.24. The van der Waals surface area contributed by atoms with Crippen LogP contribution in [0, 0.1) is 0 Å². The van der Waals surface area contributed by atoms with Crippen LogP contribution in [-0.4, -0.2) is 39.1 Å². The Morgan fingerprint density at radius 3 is 2.71 bits per heavy atom. The summed E-state index contributed by atoms with van der Waals surface area (Å²) in [5.41, 5.74) is -0.165.